The average molecular weight is 246 g/mol. The van der Waals surface area contributed by atoms with Gasteiger partial charge in [0, 0.05) is 12.3 Å². The molecular formula is C9H8F2N2O4. The van der Waals surface area contributed by atoms with E-state index in [-0.39, 0.29) is 12.2 Å². The third-order valence-electron chi connectivity index (χ3n) is 1.81. The van der Waals surface area contributed by atoms with Gasteiger partial charge >= 0.3 is 5.97 Å². The van der Waals surface area contributed by atoms with Crippen molar-refractivity contribution < 1.29 is 23.2 Å². The van der Waals surface area contributed by atoms with Crippen LogP contribution in [0.2, 0.25) is 0 Å². The molecule has 0 amide bonds. The standard InChI is InChI=1S/C9H8F2N2O4/c1-2-17-9(14)5-3-6(13(15)16)7(8(10)11)12-4-5/h3-4,8H,2H2,1H3. The van der Waals surface area contributed by atoms with E-state index >= 15 is 0 Å². The van der Waals surface area contributed by atoms with Crippen molar-refractivity contribution in [3.8, 4) is 0 Å². The molecule has 0 N–H and O–H groups in total. The number of rotatable bonds is 4. The van der Waals surface area contributed by atoms with Crippen molar-refractivity contribution in [2.45, 2.75) is 13.3 Å². The Balaban J connectivity index is 3.19. The van der Waals surface area contributed by atoms with Crippen LogP contribution in [-0.4, -0.2) is 22.5 Å². The first-order valence-corrected chi connectivity index (χ1v) is 4.57. The Labute approximate surface area is 94.4 Å². The number of carbonyl (C=O) groups excluding carboxylic acids is 1. The van der Waals surface area contributed by atoms with Gasteiger partial charge < -0.3 is 4.74 Å². The Hall–Kier alpha value is -2.12. The Kier molecular flexibility index (Phi) is 4.02. The molecule has 1 aromatic heterocycles. The van der Waals surface area contributed by atoms with Gasteiger partial charge in [0.25, 0.3) is 12.1 Å². The minimum absolute atomic E-state index is 0.0726. The lowest BCUT2D eigenvalue weighted by atomic mass is 10.2. The van der Waals surface area contributed by atoms with Crippen molar-refractivity contribution in [2.24, 2.45) is 0 Å². The van der Waals surface area contributed by atoms with Crippen LogP contribution in [0.5, 0.6) is 0 Å². The molecule has 0 spiro atoms. The third-order valence-corrected chi connectivity index (χ3v) is 1.81. The first kappa shape index (κ1) is 12.9. The number of alkyl halides is 2. The summed E-state index contributed by atoms with van der Waals surface area (Å²) in [5.41, 5.74) is -2.10. The van der Waals surface area contributed by atoms with Gasteiger partial charge in [-0.1, -0.05) is 0 Å². The average Bonchev–Trinajstić information content (AvgIpc) is 2.28. The minimum atomic E-state index is -3.08. The summed E-state index contributed by atoms with van der Waals surface area (Å²) >= 11 is 0. The van der Waals surface area contributed by atoms with Gasteiger partial charge in [-0.2, -0.15) is 0 Å². The second-order valence-electron chi connectivity index (χ2n) is 2.91. The van der Waals surface area contributed by atoms with E-state index in [1.807, 2.05) is 0 Å². The van der Waals surface area contributed by atoms with E-state index in [0.717, 1.165) is 12.3 Å². The normalized spacial score (nSPS) is 10.4. The number of hydrogen-bond donors (Lipinski definition) is 0. The minimum Gasteiger partial charge on any atom is -0.462 e. The van der Waals surface area contributed by atoms with E-state index in [9.17, 15) is 23.7 Å². The van der Waals surface area contributed by atoms with E-state index in [0.29, 0.717) is 0 Å². The van der Waals surface area contributed by atoms with Crippen LogP contribution in [0.25, 0.3) is 0 Å². The molecule has 0 unspecified atom stereocenters. The number of esters is 1. The molecule has 17 heavy (non-hydrogen) atoms. The van der Waals surface area contributed by atoms with Gasteiger partial charge in [-0.05, 0) is 6.92 Å². The smallest absolute Gasteiger partial charge is 0.339 e. The molecule has 8 heteroatoms. The lowest BCUT2D eigenvalue weighted by molar-refractivity contribution is -0.386. The van der Waals surface area contributed by atoms with E-state index in [4.69, 9.17) is 0 Å². The SMILES string of the molecule is CCOC(=O)c1cnc(C(F)F)c([N+](=O)[O-])c1. The molecule has 0 saturated carbocycles. The summed E-state index contributed by atoms with van der Waals surface area (Å²) in [6.45, 7) is 1.62. The summed E-state index contributed by atoms with van der Waals surface area (Å²) in [5, 5.41) is 10.5. The largest absolute Gasteiger partial charge is 0.462 e. The van der Waals surface area contributed by atoms with Crippen molar-refractivity contribution >= 4 is 11.7 Å². The molecule has 0 aliphatic rings. The van der Waals surface area contributed by atoms with Gasteiger partial charge in [0.1, 0.15) is 0 Å². The van der Waals surface area contributed by atoms with Crippen LogP contribution in [0, 0.1) is 10.1 Å². The fourth-order valence-corrected chi connectivity index (χ4v) is 1.10. The summed E-state index contributed by atoms with van der Waals surface area (Å²) in [4.78, 5) is 24.0. The Morgan fingerprint density at radius 2 is 2.29 bits per heavy atom. The number of nitrogens with zero attached hydrogens (tertiary/aromatic N) is 2. The van der Waals surface area contributed by atoms with Crippen LogP contribution < -0.4 is 0 Å². The molecule has 1 rings (SSSR count). The van der Waals surface area contributed by atoms with Crippen LogP contribution in [-0.2, 0) is 4.74 Å². The molecule has 0 aliphatic carbocycles. The van der Waals surface area contributed by atoms with E-state index in [1.54, 1.807) is 6.92 Å². The predicted molar refractivity (Wildman–Crippen MR) is 51.8 cm³/mol. The highest BCUT2D eigenvalue weighted by Gasteiger charge is 2.25. The van der Waals surface area contributed by atoms with Crippen molar-refractivity contribution in [1.82, 2.24) is 4.98 Å². The Morgan fingerprint density at radius 3 is 2.76 bits per heavy atom. The molecular weight excluding hydrogens is 238 g/mol. The van der Waals surface area contributed by atoms with Crippen LogP contribution in [0.4, 0.5) is 14.5 Å². The summed E-state index contributed by atoms with van der Waals surface area (Å²) in [6.07, 6.45) is -2.25. The molecule has 1 heterocycles. The molecule has 6 nitrogen and oxygen atoms in total. The highest BCUT2D eigenvalue weighted by atomic mass is 19.3. The predicted octanol–water partition coefficient (Wildman–Crippen LogP) is 2.10. The summed E-state index contributed by atoms with van der Waals surface area (Å²) < 4.78 is 29.3. The van der Waals surface area contributed by atoms with E-state index in [1.165, 1.54) is 0 Å². The van der Waals surface area contributed by atoms with Crippen molar-refractivity contribution in [3.05, 3.63) is 33.6 Å². The zero-order valence-corrected chi connectivity index (χ0v) is 8.72. The monoisotopic (exact) mass is 246 g/mol. The lowest BCUT2D eigenvalue weighted by Crippen LogP contribution is -2.08. The number of ether oxygens (including phenoxy) is 1. The number of nitro groups is 1. The second kappa shape index (κ2) is 5.28. The van der Waals surface area contributed by atoms with Crippen molar-refractivity contribution in [1.29, 1.82) is 0 Å². The maximum Gasteiger partial charge on any atom is 0.339 e. The van der Waals surface area contributed by atoms with Crippen LogP contribution in [0.15, 0.2) is 12.3 Å². The summed E-state index contributed by atoms with van der Waals surface area (Å²) in [6, 6.07) is 0.729. The molecule has 1 aromatic rings. The van der Waals surface area contributed by atoms with Gasteiger partial charge in [0.15, 0.2) is 5.69 Å². The number of aromatic nitrogens is 1. The van der Waals surface area contributed by atoms with Crippen LogP contribution in [0.1, 0.15) is 29.4 Å². The molecule has 92 valence electrons. The quantitative estimate of drug-likeness (QED) is 0.461. The van der Waals surface area contributed by atoms with Gasteiger partial charge in [0.05, 0.1) is 17.1 Å². The number of pyridine rings is 1. The molecule has 0 fully saturated rings. The highest BCUT2D eigenvalue weighted by Crippen LogP contribution is 2.27. The van der Waals surface area contributed by atoms with Crippen molar-refractivity contribution in [3.63, 3.8) is 0 Å². The van der Waals surface area contributed by atoms with Crippen LogP contribution in [0.3, 0.4) is 0 Å². The molecule has 0 aliphatic heterocycles. The molecule has 0 aromatic carbocycles. The first-order valence-electron chi connectivity index (χ1n) is 4.57. The maximum absolute atomic E-state index is 12.4. The topological polar surface area (TPSA) is 82.3 Å². The summed E-state index contributed by atoms with van der Waals surface area (Å²) in [7, 11) is 0. The molecule has 0 bridgehead atoms. The van der Waals surface area contributed by atoms with Crippen molar-refractivity contribution in [2.75, 3.05) is 6.61 Å². The number of hydrogen-bond acceptors (Lipinski definition) is 5. The van der Waals surface area contributed by atoms with Gasteiger partial charge in [0.2, 0.25) is 0 Å². The zero-order valence-electron chi connectivity index (χ0n) is 8.72. The van der Waals surface area contributed by atoms with Gasteiger partial charge in [-0.25, -0.2) is 18.6 Å². The third kappa shape index (κ3) is 2.92. The van der Waals surface area contributed by atoms with Gasteiger partial charge in [-0.3, -0.25) is 10.1 Å². The fourth-order valence-electron chi connectivity index (χ4n) is 1.10. The zero-order chi connectivity index (χ0) is 13.0. The summed E-state index contributed by atoms with van der Waals surface area (Å²) in [5.74, 6) is -0.844. The molecule has 0 radical (unpaired) electrons. The maximum atomic E-state index is 12.4. The Morgan fingerprint density at radius 1 is 1.65 bits per heavy atom. The van der Waals surface area contributed by atoms with E-state index < -0.39 is 28.7 Å². The van der Waals surface area contributed by atoms with Gasteiger partial charge in [-0.15, -0.1) is 0 Å². The fraction of sp³-hybridized carbons (Fsp3) is 0.333. The first-order chi connectivity index (χ1) is 7.97. The highest BCUT2D eigenvalue weighted by molar-refractivity contribution is 5.89. The molecule has 0 saturated heterocycles. The molecule has 0 atom stereocenters. The Bertz CT molecular complexity index is 451. The van der Waals surface area contributed by atoms with Crippen LogP contribution >= 0.6 is 0 Å². The lowest BCUT2D eigenvalue weighted by Gasteiger charge is -2.04. The number of halogens is 2. The number of carbonyl (C=O) groups is 1. The second-order valence-corrected chi connectivity index (χ2v) is 2.91. The van der Waals surface area contributed by atoms with E-state index in [2.05, 4.69) is 9.72 Å².